The lowest BCUT2D eigenvalue weighted by molar-refractivity contribution is 0.465. The number of aromatic hydroxyl groups is 1. The number of hydrogen-bond acceptors (Lipinski definition) is 1. The minimum absolute atomic E-state index is 0.343. The quantitative estimate of drug-likeness (QED) is 0.835. The molecule has 0 amide bonds. The van der Waals surface area contributed by atoms with Gasteiger partial charge in [-0.1, -0.05) is 22.9 Å². The molecule has 0 fully saturated rings. The standard InChI is InChI=1S/C8H8Br2O/c1-2-5-3-6(9)4-7(10)8(5)11/h3-4,11H,2H2,1H3. The van der Waals surface area contributed by atoms with Gasteiger partial charge >= 0.3 is 0 Å². The van der Waals surface area contributed by atoms with Crippen LogP contribution in [-0.2, 0) is 6.42 Å². The molecule has 60 valence electrons. The van der Waals surface area contributed by atoms with Gasteiger partial charge in [0.1, 0.15) is 5.75 Å². The average Bonchev–Trinajstić information content (AvgIpc) is 1.96. The van der Waals surface area contributed by atoms with Crippen molar-refractivity contribution in [1.82, 2.24) is 0 Å². The summed E-state index contributed by atoms with van der Waals surface area (Å²) in [7, 11) is 0. The second kappa shape index (κ2) is 3.59. The van der Waals surface area contributed by atoms with Gasteiger partial charge in [-0.25, -0.2) is 0 Å². The summed E-state index contributed by atoms with van der Waals surface area (Å²) in [5, 5.41) is 9.45. The topological polar surface area (TPSA) is 20.2 Å². The molecule has 11 heavy (non-hydrogen) atoms. The van der Waals surface area contributed by atoms with Gasteiger partial charge in [-0.2, -0.15) is 0 Å². The van der Waals surface area contributed by atoms with Gasteiger partial charge in [0.15, 0.2) is 0 Å². The third kappa shape index (κ3) is 1.97. The van der Waals surface area contributed by atoms with Gasteiger partial charge in [0.25, 0.3) is 0 Å². The van der Waals surface area contributed by atoms with E-state index in [0.29, 0.717) is 5.75 Å². The normalized spacial score (nSPS) is 10.1. The highest BCUT2D eigenvalue weighted by Gasteiger charge is 2.04. The van der Waals surface area contributed by atoms with Crippen LogP contribution >= 0.6 is 31.9 Å². The minimum Gasteiger partial charge on any atom is -0.506 e. The molecule has 1 N–H and O–H groups in total. The molecule has 0 aliphatic carbocycles. The highest BCUT2D eigenvalue weighted by Crippen LogP contribution is 2.31. The Morgan fingerprint density at radius 2 is 2.00 bits per heavy atom. The van der Waals surface area contributed by atoms with E-state index in [2.05, 4.69) is 31.9 Å². The van der Waals surface area contributed by atoms with Crippen LogP contribution in [0.3, 0.4) is 0 Å². The molecule has 0 saturated heterocycles. The molecule has 0 radical (unpaired) electrons. The Bertz CT molecular complexity index is 271. The molecule has 0 aromatic heterocycles. The van der Waals surface area contributed by atoms with E-state index < -0.39 is 0 Å². The second-order valence-electron chi connectivity index (χ2n) is 2.25. The summed E-state index contributed by atoms with van der Waals surface area (Å²) >= 11 is 6.60. The summed E-state index contributed by atoms with van der Waals surface area (Å²) in [5.74, 6) is 0.343. The molecule has 0 saturated carbocycles. The van der Waals surface area contributed by atoms with E-state index in [1.807, 2.05) is 19.1 Å². The number of halogens is 2. The first-order valence-electron chi connectivity index (χ1n) is 3.32. The molecule has 1 aromatic rings. The van der Waals surface area contributed by atoms with Gasteiger partial charge in [0.2, 0.25) is 0 Å². The zero-order valence-electron chi connectivity index (χ0n) is 6.06. The third-order valence-corrected chi connectivity index (χ3v) is 2.55. The van der Waals surface area contributed by atoms with Crippen LogP contribution in [0.15, 0.2) is 21.1 Å². The fraction of sp³-hybridized carbons (Fsp3) is 0.250. The molecular weight excluding hydrogens is 272 g/mol. The lowest BCUT2D eigenvalue weighted by Gasteiger charge is -2.03. The zero-order chi connectivity index (χ0) is 8.43. The van der Waals surface area contributed by atoms with E-state index in [1.165, 1.54) is 0 Å². The van der Waals surface area contributed by atoms with Gasteiger partial charge in [-0.3, -0.25) is 0 Å². The SMILES string of the molecule is CCc1cc(Br)cc(Br)c1O. The van der Waals surface area contributed by atoms with Crippen LogP contribution in [0.2, 0.25) is 0 Å². The Morgan fingerprint density at radius 3 is 2.55 bits per heavy atom. The maximum absolute atomic E-state index is 9.45. The van der Waals surface area contributed by atoms with Gasteiger partial charge < -0.3 is 5.11 Å². The van der Waals surface area contributed by atoms with Crippen molar-refractivity contribution in [3.05, 3.63) is 26.6 Å². The van der Waals surface area contributed by atoms with Crippen LogP contribution in [-0.4, -0.2) is 5.11 Å². The first kappa shape index (κ1) is 9.07. The average molecular weight is 280 g/mol. The van der Waals surface area contributed by atoms with Crippen molar-refractivity contribution in [3.8, 4) is 5.75 Å². The molecule has 0 bridgehead atoms. The van der Waals surface area contributed by atoms with Crippen LogP contribution in [0, 0.1) is 0 Å². The Kier molecular flexibility index (Phi) is 2.96. The maximum atomic E-state index is 9.45. The van der Waals surface area contributed by atoms with Crippen LogP contribution in [0.4, 0.5) is 0 Å². The first-order valence-corrected chi connectivity index (χ1v) is 4.90. The lowest BCUT2D eigenvalue weighted by Crippen LogP contribution is -1.82. The third-order valence-electron chi connectivity index (χ3n) is 1.49. The summed E-state index contributed by atoms with van der Waals surface area (Å²) in [6, 6.07) is 3.74. The fourth-order valence-electron chi connectivity index (χ4n) is 0.889. The van der Waals surface area contributed by atoms with Gasteiger partial charge in [0.05, 0.1) is 4.47 Å². The largest absolute Gasteiger partial charge is 0.506 e. The van der Waals surface area contributed by atoms with Crippen molar-refractivity contribution in [1.29, 1.82) is 0 Å². The monoisotopic (exact) mass is 278 g/mol. The van der Waals surface area contributed by atoms with Gasteiger partial charge in [0, 0.05) is 4.47 Å². The van der Waals surface area contributed by atoms with E-state index >= 15 is 0 Å². The van der Waals surface area contributed by atoms with Crippen molar-refractivity contribution in [2.75, 3.05) is 0 Å². The molecular formula is C8H8Br2O. The van der Waals surface area contributed by atoms with E-state index in [4.69, 9.17) is 0 Å². The Balaban J connectivity index is 3.24. The lowest BCUT2D eigenvalue weighted by atomic mass is 10.1. The van der Waals surface area contributed by atoms with Gasteiger partial charge in [-0.15, -0.1) is 0 Å². The number of hydrogen-bond donors (Lipinski definition) is 1. The highest BCUT2D eigenvalue weighted by atomic mass is 79.9. The number of aryl methyl sites for hydroxylation is 1. The highest BCUT2D eigenvalue weighted by molar-refractivity contribution is 9.11. The van der Waals surface area contributed by atoms with Gasteiger partial charge in [-0.05, 0) is 40.0 Å². The minimum atomic E-state index is 0.343. The summed E-state index contributed by atoms with van der Waals surface area (Å²) < 4.78 is 1.72. The van der Waals surface area contributed by atoms with Crippen molar-refractivity contribution in [2.45, 2.75) is 13.3 Å². The number of benzene rings is 1. The molecule has 1 aromatic carbocycles. The van der Waals surface area contributed by atoms with E-state index in [9.17, 15) is 5.11 Å². The smallest absolute Gasteiger partial charge is 0.133 e. The molecule has 0 heterocycles. The maximum Gasteiger partial charge on any atom is 0.133 e. The van der Waals surface area contributed by atoms with Crippen molar-refractivity contribution in [2.24, 2.45) is 0 Å². The summed E-state index contributed by atoms with van der Waals surface area (Å²) in [6.07, 6.45) is 0.837. The molecule has 1 nitrogen and oxygen atoms in total. The van der Waals surface area contributed by atoms with E-state index in [1.54, 1.807) is 0 Å². The fourth-order valence-corrected chi connectivity index (χ4v) is 2.20. The molecule has 0 spiro atoms. The summed E-state index contributed by atoms with van der Waals surface area (Å²) in [6.45, 7) is 2.01. The molecule has 3 heteroatoms. The van der Waals surface area contributed by atoms with Crippen molar-refractivity contribution < 1.29 is 5.11 Å². The van der Waals surface area contributed by atoms with Crippen LogP contribution in [0.5, 0.6) is 5.75 Å². The Labute approximate surface area is 82.7 Å². The van der Waals surface area contributed by atoms with E-state index in [0.717, 1.165) is 20.9 Å². The predicted octanol–water partition coefficient (Wildman–Crippen LogP) is 3.48. The summed E-state index contributed by atoms with van der Waals surface area (Å²) in [5.41, 5.74) is 0.950. The van der Waals surface area contributed by atoms with Crippen LogP contribution in [0.25, 0.3) is 0 Å². The Hall–Kier alpha value is -0.0200. The van der Waals surface area contributed by atoms with Crippen LogP contribution in [0.1, 0.15) is 12.5 Å². The predicted molar refractivity (Wildman–Crippen MR) is 52.9 cm³/mol. The molecule has 0 atom stereocenters. The summed E-state index contributed by atoms with van der Waals surface area (Å²) in [4.78, 5) is 0. The van der Waals surface area contributed by atoms with E-state index in [-0.39, 0.29) is 0 Å². The zero-order valence-corrected chi connectivity index (χ0v) is 9.24. The first-order chi connectivity index (χ1) is 5.15. The van der Waals surface area contributed by atoms with Crippen molar-refractivity contribution >= 4 is 31.9 Å². The molecule has 0 aliphatic rings. The molecule has 0 unspecified atom stereocenters. The second-order valence-corrected chi connectivity index (χ2v) is 4.02. The number of phenols is 1. The molecule has 0 aliphatic heterocycles. The number of phenolic OH excluding ortho intramolecular Hbond substituents is 1. The molecule has 1 rings (SSSR count). The van der Waals surface area contributed by atoms with Crippen LogP contribution < -0.4 is 0 Å². The Morgan fingerprint density at radius 1 is 1.36 bits per heavy atom. The van der Waals surface area contributed by atoms with Crippen molar-refractivity contribution in [3.63, 3.8) is 0 Å². The number of rotatable bonds is 1.